The van der Waals surface area contributed by atoms with Gasteiger partial charge in [0.2, 0.25) is 0 Å². The van der Waals surface area contributed by atoms with Crippen molar-refractivity contribution in [3.05, 3.63) is 143 Å². The van der Waals surface area contributed by atoms with E-state index in [-0.39, 0.29) is 148 Å². The van der Waals surface area contributed by atoms with E-state index >= 15 is 0 Å². The zero-order chi connectivity index (χ0) is 58.8. The van der Waals surface area contributed by atoms with Gasteiger partial charge in [0, 0.05) is 33.2 Å². The van der Waals surface area contributed by atoms with E-state index in [4.69, 9.17) is 9.90 Å². The molecule has 0 saturated carbocycles. The van der Waals surface area contributed by atoms with E-state index in [9.17, 15) is 21.9 Å². The monoisotopic (exact) mass is 800 g/mol. The minimum absolute atomic E-state index is 0.0225. The first-order valence-electron chi connectivity index (χ1n) is 30.0. The van der Waals surface area contributed by atoms with E-state index in [1.54, 1.807) is 62.3 Å². The van der Waals surface area contributed by atoms with Crippen LogP contribution < -0.4 is 26.2 Å². The van der Waals surface area contributed by atoms with Crippen LogP contribution in [0.15, 0.2) is 125 Å². The lowest BCUT2D eigenvalue weighted by Gasteiger charge is -2.46. The minimum Gasteiger partial charge on any atom is -0.456 e. The van der Waals surface area contributed by atoms with Gasteiger partial charge in [-0.05, 0) is 128 Å². The molecule has 5 heterocycles. The summed E-state index contributed by atoms with van der Waals surface area (Å²) < 4.78 is 202. The van der Waals surface area contributed by atoms with Crippen molar-refractivity contribution in [2.45, 2.75) is 85.5 Å². The Hall–Kier alpha value is -6.20. The molecule has 294 valence electrons. The Morgan fingerprint density at radius 1 is 0.500 bits per heavy atom. The van der Waals surface area contributed by atoms with Crippen LogP contribution in [0.3, 0.4) is 0 Å². The number of hydrogen-bond donors (Lipinski definition) is 0. The normalized spacial score (nSPS) is 19.1. The average molecular weight is 800 g/mol. The molecule has 0 saturated heterocycles. The van der Waals surface area contributed by atoms with Crippen molar-refractivity contribution in [2.24, 2.45) is 0 Å². The molecule has 3 aliphatic rings. The molecule has 2 aromatic heterocycles. The summed E-state index contributed by atoms with van der Waals surface area (Å²) in [4.78, 5) is 2.69. The van der Waals surface area contributed by atoms with Crippen LogP contribution in [0.25, 0.3) is 49.4 Å². The Morgan fingerprint density at radius 2 is 1.15 bits per heavy atom. The van der Waals surface area contributed by atoms with Gasteiger partial charge in [0.1, 0.15) is 11.2 Å². The molecule has 0 bridgehead atoms. The Bertz CT molecular complexity index is 4520. The van der Waals surface area contributed by atoms with Gasteiger partial charge >= 0.3 is 0 Å². The summed E-state index contributed by atoms with van der Waals surface area (Å²) in [7, 11) is 0. The fraction of sp³-hybridized carbons (Fsp3) is 0.236. The van der Waals surface area contributed by atoms with Crippen molar-refractivity contribution < 1.29 is 31.8 Å². The summed E-state index contributed by atoms with van der Waals surface area (Å²) in [6.45, 7) is 15.9. The third-order valence-electron chi connectivity index (χ3n) is 11.9. The molecule has 0 unspecified atom stereocenters. The van der Waals surface area contributed by atoms with Gasteiger partial charge in [0.05, 0.1) is 66.6 Å². The van der Waals surface area contributed by atoms with Crippen LogP contribution in [0.2, 0.25) is 0 Å². The van der Waals surface area contributed by atoms with Crippen molar-refractivity contribution >= 4 is 101 Å². The van der Waals surface area contributed by atoms with Crippen LogP contribution in [0.4, 0.5) is 34.1 Å². The number of aromatic nitrogens is 1. The molecule has 0 spiro atoms. The third-order valence-corrected chi connectivity index (χ3v) is 11.9. The fourth-order valence-electron chi connectivity index (χ4n) is 8.96. The van der Waals surface area contributed by atoms with Crippen LogP contribution in [0, 0.1) is 6.92 Å². The Balaban J connectivity index is 1.41. The molecule has 0 fully saturated rings. The number of nitrogens with zero attached hydrogens (tertiary/aromatic N) is 3. The Labute approximate surface area is 381 Å². The first-order chi connectivity index (χ1) is 37.0. The topological polar surface area (TPSA) is 24.6 Å². The molecule has 0 N–H and O–H groups in total. The second-order valence-electron chi connectivity index (χ2n) is 19.1. The van der Waals surface area contributed by atoms with Gasteiger partial charge in [-0.3, -0.25) is 0 Å². The fourth-order valence-corrected chi connectivity index (χ4v) is 8.96. The molecule has 7 aromatic carbocycles. The molecule has 0 radical (unpaired) electrons. The van der Waals surface area contributed by atoms with Crippen LogP contribution in [0.5, 0.6) is 0 Å². The van der Waals surface area contributed by atoms with Gasteiger partial charge in [-0.1, -0.05) is 117 Å². The number of para-hydroxylation sites is 2. The molecule has 60 heavy (non-hydrogen) atoms. The van der Waals surface area contributed by atoms with E-state index < -0.39 is 118 Å². The highest BCUT2D eigenvalue weighted by Gasteiger charge is 2.47. The second-order valence-corrected chi connectivity index (χ2v) is 19.1. The predicted molar refractivity (Wildman–Crippen MR) is 256 cm³/mol. The summed E-state index contributed by atoms with van der Waals surface area (Å²) in [5.74, 6) is 0. The molecule has 4 nitrogen and oxygen atoms in total. The average Bonchev–Trinajstić information content (AvgIpc) is 2.02. The number of benzene rings is 7. The predicted octanol–water partition coefficient (Wildman–Crippen LogP) is 13.3. The van der Waals surface area contributed by atoms with Crippen molar-refractivity contribution in [1.82, 2.24) is 4.57 Å². The maximum Gasteiger partial charge on any atom is 0.252 e. The van der Waals surface area contributed by atoms with Crippen LogP contribution in [-0.2, 0) is 16.2 Å². The molecular formula is C55H50BN3O. The lowest BCUT2D eigenvalue weighted by Crippen LogP contribution is -2.62. The highest BCUT2D eigenvalue weighted by atomic mass is 16.3. The van der Waals surface area contributed by atoms with Crippen molar-refractivity contribution in [3.63, 3.8) is 0 Å². The summed E-state index contributed by atoms with van der Waals surface area (Å²) in [5.41, 5.74) is -5.25. The number of rotatable bonds is 1. The maximum atomic E-state index is 10.4. The Kier molecular flexibility index (Phi) is 4.01. The third kappa shape index (κ3) is 4.69. The number of fused-ring (bicyclic) bond motifs is 12. The summed E-state index contributed by atoms with van der Waals surface area (Å²) in [6.07, 6.45) is 0. The van der Waals surface area contributed by atoms with E-state index in [2.05, 4.69) is 0 Å². The summed E-state index contributed by atoms with van der Waals surface area (Å²) >= 11 is 0. The highest BCUT2D eigenvalue weighted by molar-refractivity contribution is 7.00. The Morgan fingerprint density at radius 3 is 1.92 bits per heavy atom. The van der Waals surface area contributed by atoms with Crippen molar-refractivity contribution in [2.75, 3.05) is 9.80 Å². The van der Waals surface area contributed by atoms with Crippen LogP contribution >= 0.6 is 0 Å². The SMILES string of the molecule is [2H]c1c([2H])c2c3c(c1[2H])-n1c4c([2H])c([2H])c(C(C)(C)C)c([2H])c4c4c([2H])c(C(C)(C)C)c([2H])c(c41)N3c1c([2H])c(C)c([2H])c3c1B2c1c([2H])c(C(C)(C)C)c([2H])c([2H])c1N3c1c([2H])c([2H])c([2H])c2oc3c([2H])c([2H])c([2H])c([2H])c3c12. The summed E-state index contributed by atoms with van der Waals surface area (Å²) in [5, 5.41) is -0.473. The molecule has 0 amide bonds. The molecule has 5 heteroatoms. The van der Waals surface area contributed by atoms with E-state index in [1.165, 1.54) is 21.3 Å². The number of hydrogen-bond acceptors (Lipinski definition) is 3. The van der Waals surface area contributed by atoms with Gasteiger partial charge in [0.15, 0.2) is 0 Å². The second kappa shape index (κ2) is 11.5. The standard InChI is InChI=1S/C55H50BN3O/c1-31-25-44-50-45(26-31)59-46-30-34(55(8,9)10)28-37-36-27-32(53(2,3)4)21-23-40(36)58(51(37)46)43-18-13-16-38(52(43)59)56(50)39-29-33(54(5,6)7)22-24-41(39)57(44)42-17-14-20-48-49(42)35-15-11-12-19-47(35)60-48/h11-30H,1-10H3/i11D,12D,13D,14D,15D,16D,17D,18D,19D,20D,21D,22D,23D,24D,25D,26D,27D,28D,29D,30D. The van der Waals surface area contributed by atoms with Gasteiger partial charge < -0.3 is 18.8 Å². The van der Waals surface area contributed by atoms with Crippen LogP contribution in [0.1, 0.15) is 112 Å². The lowest BCUT2D eigenvalue weighted by molar-refractivity contribution is 0.590. The largest absolute Gasteiger partial charge is 0.456 e. The number of anilines is 6. The molecule has 9 aromatic rings. The van der Waals surface area contributed by atoms with Gasteiger partial charge in [-0.25, -0.2) is 0 Å². The molecule has 12 rings (SSSR count). The van der Waals surface area contributed by atoms with Crippen LogP contribution in [-0.4, -0.2) is 11.3 Å². The van der Waals surface area contributed by atoms with Gasteiger partial charge in [0.25, 0.3) is 6.71 Å². The van der Waals surface area contributed by atoms with E-state index in [1.807, 2.05) is 0 Å². The van der Waals surface area contributed by atoms with Crippen molar-refractivity contribution in [3.8, 4) is 5.69 Å². The van der Waals surface area contributed by atoms with E-state index in [0.29, 0.717) is 0 Å². The first-order valence-corrected chi connectivity index (χ1v) is 20.0. The molecule has 0 aliphatic carbocycles. The smallest absolute Gasteiger partial charge is 0.252 e. The van der Waals surface area contributed by atoms with E-state index in [0.717, 1.165) is 0 Å². The molecule has 3 aliphatic heterocycles. The zero-order valence-corrected chi connectivity index (χ0v) is 34.8. The lowest BCUT2D eigenvalue weighted by atomic mass is 9.33. The molecular weight excluding hydrogens is 729 g/mol. The first kappa shape index (κ1) is 20.9. The zero-order valence-electron chi connectivity index (χ0n) is 54.8. The molecule has 0 atom stereocenters. The maximum absolute atomic E-state index is 10.4. The minimum atomic E-state index is -1.57. The number of furan rings is 1. The van der Waals surface area contributed by atoms with Gasteiger partial charge in [-0.2, -0.15) is 0 Å². The quantitative estimate of drug-likeness (QED) is 0.155. The highest BCUT2D eigenvalue weighted by Crippen LogP contribution is 2.54. The van der Waals surface area contributed by atoms with Crippen molar-refractivity contribution in [1.29, 1.82) is 0 Å². The van der Waals surface area contributed by atoms with Gasteiger partial charge in [-0.15, -0.1) is 0 Å². The summed E-state index contributed by atoms with van der Waals surface area (Å²) in [6, 6.07) is -10.2.